The maximum absolute atomic E-state index is 10.6. The molecule has 10 heteroatoms. The predicted octanol–water partition coefficient (Wildman–Crippen LogP) is 5.37. The number of rotatable bonds is 5. The van der Waals surface area contributed by atoms with Gasteiger partial charge in [0.05, 0.1) is 4.92 Å². The van der Waals surface area contributed by atoms with Gasteiger partial charge in [-0.2, -0.15) is 0 Å². The lowest BCUT2D eigenvalue weighted by molar-refractivity contribution is -0.384. The van der Waals surface area contributed by atoms with E-state index < -0.39 is 9.74 Å². The molecule has 1 atom stereocenters. The summed E-state index contributed by atoms with van der Waals surface area (Å²) in [7, 11) is 0. The summed E-state index contributed by atoms with van der Waals surface area (Å²) in [5.41, 5.74) is 1.31. The minimum atomic E-state index is -2.83. The lowest BCUT2D eigenvalue weighted by Gasteiger charge is -2.13. The van der Waals surface area contributed by atoms with Crippen LogP contribution in [0.3, 0.4) is 0 Å². The molecule has 6 nitrogen and oxygen atoms in total. The Morgan fingerprint density at radius 3 is 2.61 bits per heavy atom. The molecule has 0 spiro atoms. The lowest BCUT2D eigenvalue weighted by atomic mass is 10.3. The van der Waals surface area contributed by atoms with Crippen molar-refractivity contribution in [2.45, 2.75) is 5.22 Å². The topological polar surface area (TPSA) is 78.4 Å². The number of non-ortho nitro benzene ring substituents is 1. The largest absolute Gasteiger partial charge is 0.444 e. The fourth-order valence-corrected chi connectivity index (χ4v) is 5.39. The summed E-state index contributed by atoms with van der Waals surface area (Å²) in [4.78, 5) is 11.6. The van der Waals surface area contributed by atoms with E-state index in [4.69, 9.17) is 32.0 Å². The molecular formula is C13H8ClN2O4PS2. The molecule has 1 unspecified atom stereocenters. The number of halogens is 1. The van der Waals surface area contributed by atoms with Gasteiger partial charge in [-0.3, -0.25) is 10.1 Å². The SMILES string of the molecule is O=[N+]([O-])c1ccc(OP(=S)(Cl)Sc2nc3ccccc3o2)cc1. The summed E-state index contributed by atoms with van der Waals surface area (Å²) >= 11 is 12.6. The molecule has 118 valence electrons. The Morgan fingerprint density at radius 2 is 1.96 bits per heavy atom. The third kappa shape index (κ3) is 4.03. The summed E-state index contributed by atoms with van der Waals surface area (Å²) in [5.74, 6) is 0.359. The van der Waals surface area contributed by atoms with E-state index in [-0.39, 0.29) is 5.69 Å². The fraction of sp³-hybridized carbons (Fsp3) is 0. The molecule has 3 aromatic rings. The number of aromatic nitrogens is 1. The monoisotopic (exact) mass is 386 g/mol. The molecule has 0 N–H and O–H groups in total. The quantitative estimate of drug-likeness (QED) is 0.331. The smallest absolute Gasteiger partial charge is 0.269 e. The molecule has 0 saturated carbocycles. The van der Waals surface area contributed by atoms with Gasteiger partial charge in [0.2, 0.25) is 0 Å². The molecule has 1 aromatic heterocycles. The van der Waals surface area contributed by atoms with Crippen molar-refractivity contribution in [1.29, 1.82) is 0 Å². The molecule has 23 heavy (non-hydrogen) atoms. The third-order valence-corrected chi connectivity index (χ3v) is 6.77. The lowest BCUT2D eigenvalue weighted by Crippen LogP contribution is -1.88. The van der Waals surface area contributed by atoms with E-state index in [0.717, 1.165) is 11.4 Å². The Bertz CT molecular complexity index is 883. The minimum Gasteiger partial charge on any atom is -0.444 e. The van der Waals surface area contributed by atoms with Crippen LogP contribution >= 0.6 is 27.4 Å². The van der Waals surface area contributed by atoms with Gasteiger partial charge in [0.1, 0.15) is 11.3 Å². The minimum absolute atomic E-state index is 0.0353. The van der Waals surface area contributed by atoms with Crippen molar-refractivity contribution >= 4 is 56.0 Å². The third-order valence-electron chi connectivity index (χ3n) is 2.72. The number of para-hydroxylation sites is 2. The van der Waals surface area contributed by atoms with Crippen LogP contribution in [0.5, 0.6) is 5.75 Å². The molecule has 0 aliphatic heterocycles. The standard InChI is InChI=1S/C13H8ClN2O4PS2/c14-21(22,20-10-7-5-9(6-8-10)16(17)18)23-13-15-11-3-1-2-4-12(11)19-13/h1-8H. The Kier molecular flexibility index (Phi) is 4.59. The highest BCUT2D eigenvalue weighted by molar-refractivity contribution is 8.76. The number of nitrogens with zero attached hydrogens (tertiary/aromatic N) is 2. The van der Waals surface area contributed by atoms with Crippen molar-refractivity contribution in [3.8, 4) is 5.75 Å². The summed E-state index contributed by atoms with van der Waals surface area (Å²) in [5, 5.41) is 10.9. The number of fused-ring (bicyclic) bond motifs is 1. The van der Waals surface area contributed by atoms with Crippen molar-refractivity contribution in [1.82, 2.24) is 4.98 Å². The molecule has 3 rings (SSSR count). The molecule has 0 bridgehead atoms. The van der Waals surface area contributed by atoms with E-state index in [1.54, 1.807) is 6.07 Å². The van der Waals surface area contributed by atoms with Crippen LogP contribution in [0.1, 0.15) is 0 Å². The van der Waals surface area contributed by atoms with Gasteiger partial charge in [-0.25, -0.2) is 4.98 Å². The highest BCUT2D eigenvalue weighted by atomic mass is 35.7. The zero-order chi connectivity index (χ0) is 16.4. The molecule has 2 aromatic carbocycles. The Morgan fingerprint density at radius 1 is 1.26 bits per heavy atom. The van der Waals surface area contributed by atoms with Crippen LogP contribution in [0.15, 0.2) is 58.2 Å². The Balaban J connectivity index is 1.75. The van der Waals surface area contributed by atoms with Gasteiger partial charge in [0.15, 0.2) is 5.58 Å². The molecule has 0 aliphatic rings. The molecule has 0 saturated heterocycles. The van der Waals surface area contributed by atoms with Gasteiger partial charge in [-0.15, -0.1) is 0 Å². The van der Waals surface area contributed by atoms with Crippen LogP contribution in [-0.2, 0) is 11.8 Å². The van der Waals surface area contributed by atoms with E-state index in [9.17, 15) is 10.1 Å². The second kappa shape index (κ2) is 6.49. The highest BCUT2D eigenvalue weighted by Gasteiger charge is 2.22. The number of nitro groups is 1. The van der Waals surface area contributed by atoms with Crippen LogP contribution in [0, 0.1) is 10.1 Å². The molecule has 0 radical (unpaired) electrons. The molecule has 0 aliphatic carbocycles. The number of nitro benzene ring substituents is 1. The van der Waals surface area contributed by atoms with Crippen LogP contribution in [0.4, 0.5) is 5.69 Å². The Hall–Kier alpha value is -1.60. The number of benzene rings is 2. The second-order valence-corrected chi connectivity index (χ2v) is 12.8. The van der Waals surface area contributed by atoms with Gasteiger partial charge in [-0.1, -0.05) is 12.1 Å². The zero-order valence-electron chi connectivity index (χ0n) is 11.3. The number of hydrogen-bond acceptors (Lipinski definition) is 7. The first-order valence-electron chi connectivity index (χ1n) is 6.22. The van der Waals surface area contributed by atoms with Crippen LogP contribution in [-0.4, -0.2) is 9.91 Å². The summed E-state index contributed by atoms with van der Waals surface area (Å²) in [6, 6.07) is 12.9. The van der Waals surface area contributed by atoms with E-state index in [0.29, 0.717) is 22.1 Å². The van der Waals surface area contributed by atoms with Gasteiger partial charge < -0.3 is 8.94 Å². The van der Waals surface area contributed by atoms with Gasteiger partial charge in [0.25, 0.3) is 15.7 Å². The van der Waals surface area contributed by atoms with E-state index >= 15 is 0 Å². The summed E-state index contributed by atoms with van der Waals surface area (Å²) in [6.07, 6.45) is 0. The molecule has 0 fully saturated rings. The highest BCUT2D eigenvalue weighted by Crippen LogP contribution is 2.66. The van der Waals surface area contributed by atoms with Crippen LogP contribution in [0.2, 0.25) is 0 Å². The molecule has 1 heterocycles. The maximum Gasteiger partial charge on any atom is 0.269 e. The van der Waals surface area contributed by atoms with Crippen molar-refractivity contribution in [2.75, 3.05) is 0 Å². The molecular weight excluding hydrogens is 379 g/mol. The van der Waals surface area contributed by atoms with Crippen molar-refractivity contribution in [2.24, 2.45) is 0 Å². The predicted molar refractivity (Wildman–Crippen MR) is 93.7 cm³/mol. The maximum atomic E-state index is 10.6. The van der Waals surface area contributed by atoms with Crippen LogP contribution in [0.25, 0.3) is 11.1 Å². The normalized spacial score (nSPS) is 13.6. The first-order valence-corrected chi connectivity index (χ1v) is 11.3. The zero-order valence-corrected chi connectivity index (χ0v) is 14.6. The van der Waals surface area contributed by atoms with Crippen LogP contribution < -0.4 is 4.52 Å². The summed E-state index contributed by atoms with van der Waals surface area (Å²) in [6.45, 7) is 0. The van der Waals surface area contributed by atoms with E-state index in [1.807, 2.05) is 18.2 Å². The fourth-order valence-electron chi connectivity index (χ4n) is 1.76. The average molecular weight is 387 g/mol. The van der Waals surface area contributed by atoms with Crippen molar-refractivity contribution in [3.63, 3.8) is 0 Å². The number of oxazole rings is 1. The Labute approximate surface area is 144 Å². The van der Waals surface area contributed by atoms with Gasteiger partial charge in [0, 0.05) is 23.5 Å². The van der Waals surface area contributed by atoms with Gasteiger partial charge in [-0.05, 0) is 47.3 Å². The van der Waals surface area contributed by atoms with E-state index in [2.05, 4.69) is 4.98 Å². The second-order valence-electron chi connectivity index (χ2n) is 4.31. The first-order chi connectivity index (χ1) is 10.9. The van der Waals surface area contributed by atoms with Crippen molar-refractivity contribution < 1.29 is 13.9 Å². The average Bonchev–Trinajstić information content (AvgIpc) is 2.88. The first kappa shape index (κ1) is 16.3. The van der Waals surface area contributed by atoms with E-state index in [1.165, 1.54) is 24.3 Å². The van der Waals surface area contributed by atoms with Gasteiger partial charge >= 0.3 is 0 Å². The summed E-state index contributed by atoms with van der Waals surface area (Å²) < 4.78 is 11.1. The molecule has 0 amide bonds. The van der Waals surface area contributed by atoms with Crippen molar-refractivity contribution in [3.05, 3.63) is 58.6 Å². The number of hydrogen-bond donors (Lipinski definition) is 0.